The highest BCUT2D eigenvalue weighted by molar-refractivity contribution is 8.02. The molecule has 3 nitrogen and oxygen atoms in total. The molecule has 0 fully saturated rings. The number of hydrogen-bond donors (Lipinski definition) is 0. The molecule has 9 aliphatic rings. The van der Waals surface area contributed by atoms with Crippen LogP contribution in [0.2, 0.25) is 0 Å². The van der Waals surface area contributed by atoms with Gasteiger partial charge in [-0.05, 0) is 237 Å². The molecular formula is C128H86B3F2N3S6Si3. The molecule has 0 aromatic heterocycles. The van der Waals surface area contributed by atoms with Crippen LogP contribution in [0.5, 0.6) is 0 Å². The van der Waals surface area contributed by atoms with Crippen LogP contribution in [-0.4, -0.2) is 44.4 Å². The monoisotopic (exact) mass is 2010 g/mol. The van der Waals surface area contributed by atoms with Crippen molar-refractivity contribution in [3.63, 3.8) is 0 Å². The number of anilines is 9. The largest absolute Gasteiger partial charge is 0.311 e. The van der Waals surface area contributed by atoms with E-state index in [1.807, 2.05) is 119 Å². The summed E-state index contributed by atoms with van der Waals surface area (Å²) in [6.45, 7) is 5.05. The minimum absolute atomic E-state index is 0.147. The molecule has 17 heteroatoms. The fourth-order valence-electron chi connectivity index (χ4n) is 25.0. The van der Waals surface area contributed by atoms with Gasteiger partial charge in [-0.3, -0.25) is 0 Å². The molecule has 0 N–H and O–H groups in total. The Bertz CT molecular complexity index is 8090. The lowest BCUT2D eigenvalue weighted by Crippen LogP contribution is -2.77. The van der Waals surface area contributed by atoms with Crippen molar-refractivity contribution in [2.45, 2.75) is 72.6 Å². The Labute approximate surface area is 873 Å². The van der Waals surface area contributed by atoms with Gasteiger partial charge in [0.2, 0.25) is 20.1 Å². The Morgan fingerprint density at radius 1 is 0.179 bits per heavy atom. The van der Waals surface area contributed by atoms with Gasteiger partial charge < -0.3 is 14.7 Å². The number of rotatable bonds is 9. The molecule has 21 aromatic rings. The normalized spacial score (nSPS) is 14.7. The van der Waals surface area contributed by atoms with E-state index in [1.165, 1.54) is 195 Å². The van der Waals surface area contributed by atoms with Crippen LogP contribution >= 0.6 is 70.6 Å². The van der Waals surface area contributed by atoms with Gasteiger partial charge >= 0.3 is 0 Å². The van der Waals surface area contributed by atoms with Crippen molar-refractivity contribution in [1.82, 2.24) is 0 Å². The third kappa shape index (κ3) is 13.9. The molecule has 0 unspecified atom stereocenters. The topological polar surface area (TPSA) is 9.72 Å². The number of benzene rings is 21. The Morgan fingerprint density at radius 3 is 0.759 bits per heavy atom. The predicted octanol–water partition coefficient (Wildman–Crippen LogP) is 19.8. The minimum Gasteiger partial charge on any atom is -0.311 e. The van der Waals surface area contributed by atoms with Crippen LogP contribution in [0, 0.1) is 25.5 Å². The Hall–Kier alpha value is -14.2. The highest BCUT2D eigenvalue weighted by atomic mass is 32.2. The van der Waals surface area contributed by atoms with E-state index in [1.54, 1.807) is 24.3 Å². The summed E-state index contributed by atoms with van der Waals surface area (Å²) in [5.41, 5.74) is 25.6. The lowest BCUT2D eigenvalue weighted by atomic mass is 9.36. The summed E-state index contributed by atoms with van der Waals surface area (Å²) in [5.74, 6) is -0.602. The summed E-state index contributed by atoms with van der Waals surface area (Å²) >= 11 is 11.3. The summed E-state index contributed by atoms with van der Waals surface area (Å²) in [7, 11) is -8.58. The molecule has 21 aromatic carbocycles. The van der Waals surface area contributed by atoms with Gasteiger partial charge in [-0.25, -0.2) is 8.78 Å². The highest BCUT2D eigenvalue weighted by Crippen LogP contribution is 2.51. The second-order valence-electron chi connectivity index (χ2n) is 38.5. The van der Waals surface area contributed by atoms with Crippen molar-refractivity contribution >= 4 is 278 Å². The zero-order valence-electron chi connectivity index (χ0n) is 79.0. The zero-order chi connectivity index (χ0) is 96.3. The Balaban J connectivity index is 0.000000106. The molecule has 9 heterocycles. The molecule has 30 rings (SSSR count). The first-order valence-corrected chi connectivity index (χ1v) is 60.3. The molecule has 0 atom stereocenters. The minimum atomic E-state index is -3.19. The van der Waals surface area contributed by atoms with Crippen molar-refractivity contribution in [3.05, 3.63) is 508 Å². The molecule has 0 saturated heterocycles. The lowest BCUT2D eigenvalue weighted by Gasteiger charge is -2.46. The van der Waals surface area contributed by atoms with Gasteiger partial charge in [0.25, 0.3) is 0 Å². The van der Waals surface area contributed by atoms with Gasteiger partial charge in [-0.2, -0.15) is 0 Å². The molecular weight excluding hydrogens is 1930 g/mol. The molecule has 0 radical (unpaired) electrons. The van der Waals surface area contributed by atoms with Crippen LogP contribution < -0.4 is 126 Å². The third-order valence-corrected chi connectivity index (χ3v) is 52.2. The molecule has 0 spiro atoms. The second kappa shape index (κ2) is 35.7. The summed E-state index contributed by atoms with van der Waals surface area (Å²) < 4.78 is 31.3. The molecule has 0 saturated carbocycles. The number of hydrogen-bond acceptors (Lipinski definition) is 9. The summed E-state index contributed by atoms with van der Waals surface area (Å²) in [6, 6.07) is 177. The first-order valence-electron chi connectivity index (χ1n) is 49.4. The fraction of sp³-hybridized carbons (Fsp3) is 0.0156. The number of aryl methyl sites for hydroxylation is 2. The van der Waals surface area contributed by atoms with Gasteiger partial charge in [-0.15, -0.1) is 0 Å². The summed E-state index contributed by atoms with van der Waals surface area (Å²) in [5, 5.41) is 15.4. The summed E-state index contributed by atoms with van der Waals surface area (Å²) in [6.07, 6.45) is 0. The van der Waals surface area contributed by atoms with E-state index < -0.39 is 24.2 Å². The molecule has 145 heavy (non-hydrogen) atoms. The SMILES string of the molecule is Cc1ccc2c(c1)[Si](c1ccccc1)(c1ccccc1)c1cc(C)ccc1N2c1cc2c3c(c1)Sc1ccccc1B3c1ccccc1S2.Fc1ccc2c(c1)[Si](c1ccccc1)(c1ccccc1)c1cc(F)ccc1N2c1cc2c3c(c1)Sc1ccccc1B3c1ccccc1S2.c1ccc([Si]2(c3ccccc3)c3ccccc3N(c3cccc4c3B3c5ccccc5Sc5cccc(c53)S4)c3ccccc32)cc1. The maximum atomic E-state index is 15.7. The average Bonchev–Trinajstić information content (AvgIpc) is 0.692. The smallest absolute Gasteiger partial charge is 0.249 e. The molecule has 0 bridgehead atoms. The van der Waals surface area contributed by atoms with Crippen molar-refractivity contribution in [2.75, 3.05) is 14.7 Å². The molecule has 9 aliphatic heterocycles. The van der Waals surface area contributed by atoms with E-state index in [0.29, 0.717) is 0 Å². The van der Waals surface area contributed by atoms with Crippen molar-refractivity contribution in [3.8, 4) is 0 Å². The van der Waals surface area contributed by atoms with Crippen LogP contribution in [0.4, 0.5) is 60.0 Å². The highest BCUT2D eigenvalue weighted by Gasteiger charge is 2.55. The number of para-hydroxylation sites is 2. The van der Waals surface area contributed by atoms with Gasteiger partial charge in [0.15, 0.2) is 24.2 Å². The van der Waals surface area contributed by atoms with E-state index in [-0.39, 0.29) is 31.8 Å². The first kappa shape index (κ1) is 88.5. The van der Waals surface area contributed by atoms with Gasteiger partial charge in [-0.1, -0.05) is 455 Å². The predicted molar refractivity (Wildman–Crippen MR) is 622 cm³/mol. The van der Waals surface area contributed by atoms with Crippen molar-refractivity contribution in [1.29, 1.82) is 0 Å². The van der Waals surface area contributed by atoms with Crippen LogP contribution in [0.15, 0.2) is 544 Å². The van der Waals surface area contributed by atoms with Crippen LogP contribution in [-0.2, 0) is 0 Å². The number of nitrogens with zero attached hydrogens (tertiary/aromatic N) is 3. The van der Waals surface area contributed by atoms with Crippen molar-refractivity contribution in [2.24, 2.45) is 0 Å². The quantitative estimate of drug-likeness (QED) is 0.130. The van der Waals surface area contributed by atoms with E-state index in [4.69, 9.17) is 0 Å². The van der Waals surface area contributed by atoms with E-state index >= 15 is 8.78 Å². The Kier molecular flexibility index (Phi) is 21.8. The van der Waals surface area contributed by atoms with Crippen LogP contribution in [0.1, 0.15) is 11.1 Å². The van der Waals surface area contributed by atoms with E-state index in [0.717, 1.165) is 37.8 Å². The van der Waals surface area contributed by atoms with Crippen LogP contribution in [0.25, 0.3) is 0 Å². The zero-order valence-corrected chi connectivity index (χ0v) is 86.9. The van der Waals surface area contributed by atoms with Gasteiger partial charge in [0, 0.05) is 110 Å². The molecule has 684 valence electrons. The molecule has 0 amide bonds. The van der Waals surface area contributed by atoms with Gasteiger partial charge in [0.1, 0.15) is 11.6 Å². The number of fused-ring (bicyclic) bond motifs is 18. The van der Waals surface area contributed by atoms with E-state index in [2.05, 4.69) is 441 Å². The average molecular weight is 2010 g/mol. The van der Waals surface area contributed by atoms with Crippen LogP contribution in [0.3, 0.4) is 0 Å². The van der Waals surface area contributed by atoms with E-state index in [9.17, 15) is 0 Å². The Morgan fingerprint density at radius 2 is 0.414 bits per heavy atom. The standard InChI is InChI=1S/C44H32BNS2Si.C42H26BF2NS2Si.C42H28BNS2Si/c1-29-21-23-36-42(25-29)49(32-13-5-3-6-14-32,33-15-7-4-8-16-33)43-26-30(2)22-24-37(43)46(36)31-27-40-44-41(28-31)48-39-20-12-10-18-35(39)45(44)34-17-9-11-19-38(34)47-40;44-27-19-21-34-40(23-27)49(30-11-3-1-4-12-30,31-13-5-2-6-14-31)41-24-28(45)20-22-35(41)46(34)29-25-38-42-39(26-29)48-37-18-10-8-16-33(37)43(42)32-15-7-9-17-36(32)47-38;1-3-15-29(16-4-1)47(30-17-5-2-6-18-30)39-27-11-8-20-32(39)44(33-21-9-12-28-40(33)47)34-22-13-24-36-41(34)43-31-19-7-10-23-35(31)45-37-25-14-26-38(46-36)42(37)43/h3-28H,1-2H3;1-26H;1-28H. The van der Waals surface area contributed by atoms with Gasteiger partial charge in [0.05, 0.1) is 0 Å². The maximum Gasteiger partial charge on any atom is 0.249 e. The fourth-order valence-corrected chi connectivity index (χ4v) is 47.9. The maximum absolute atomic E-state index is 15.7. The second-order valence-corrected chi connectivity index (χ2v) is 56.2. The molecule has 0 aliphatic carbocycles. The lowest BCUT2D eigenvalue weighted by molar-refractivity contribution is 0.628. The number of halogens is 2. The third-order valence-electron chi connectivity index (χ3n) is 30.8. The summed E-state index contributed by atoms with van der Waals surface area (Å²) in [4.78, 5) is 23.2. The van der Waals surface area contributed by atoms with Crippen molar-refractivity contribution < 1.29 is 8.78 Å². The first-order chi connectivity index (χ1) is 71.6.